The zero-order chi connectivity index (χ0) is 72.8. The first kappa shape index (κ1) is 95.8. The van der Waals surface area contributed by atoms with Crippen LogP contribution in [-0.4, -0.2) is 101 Å². The van der Waals surface area contributed by atoms with Gasteiger partial charge < -0.3 is 57.5 Å². The van der Waals surface area contributed by atoms with E-state index in [1.807, 2.05) is 60.7 Å². The molecule has 13 fully saturated rings. The molecule has 1 amide bonds. The fourth-order valence-electron chi connectivity index (χ4n) is 19.1. The largest absolute Gasteiger partial charge is 1.00 e. The van der Waals surface area contributed by atoms with Crippen molar-refractivity contribution < 1.29 is 151 Å². The molecule has 0 heterocycles. The average molecular weight is 1490 g/mol. The summed E-state index contributed by atoms with van der Waals surface area (Å²) in [6, 6.07) is 25.0. The summed E-state index contributed by atoms with van der Waals surface area (Å²) in [5, 5.41) is 53.4. The van der Waals surface area contributed by atoms with E-state index in [1.165, 1.54) is 178 Å². The molecule has 14 aliphatic rings. The fourth-order valence-corrected chi connectivity index (χ4v) is 19.1. The third kappa shape index (κ3) is 40.1. The number of fused-ring (bicyclic) bond motifs is 10. The van der Waals surface area contributed by atoms with Crippen LogP contribution in [0.2, 0.25) is 0 Å². The zero-order valence-electron chi connectivity index (χ0n) is 62.7. The number of nitrogens with zero attached hydrogens (tertiary/aromatic N) is 5. The number of hydrogen-bond donors (Lipinski definition) is 7. The topological polar surface area (TPSA) is 396 Å². The van der Waals surface area contributed by atoms with E-state index in [9.17, 15) is 22.8 Å². The van der Waals surface area contributed by atoms with Gasteiger partial charge in [0.2, 0.25) is 0 Å². The number of ketones is 1. The standard InChI is InChI=1S/C17H23NO2.C10H15N.C10H13N.C10H16O2.C10H14O.C9H17N.C7H8O.C3H8O2.C2H4O2.CH4O3S.K.N3.Na.H2O.2H2/c19-17(20-12-13-5-2-1-3-6-13)18-16-10-14-7-4-8-15(9-14)11-16;2*11-7-10-5-8-2-1-3-9(4-8)6-10;11-10(12)9-5-7-2-1-3-8(4-7)6-9;11-10-8-2-6-1-7(4-8)5-9(10)3-6;10-9-5-7-2-1-3-8(4-7)6-9;8-6-7-4-2-1-3-5-7;1-5-3-2-4;1-2(3)4;1-5(2,3)4;;1-3-2;;;;/h1-3,5-6,14-16H,4,7-12H2,(H,18,19);8-10H,1-6H2;1-2,8-10H,3-6H2;7-9H,1-6H2,(H,11,12);6-9H,1-5H2;7-9H,1-6,10H2;1-5,8H,6H2;4H,2-3H2,1H3;1H3,(H,3,4);1H3,(H,2,3,4);;;;1H2;2*1H/q;;;;;;;;;;+1;-1;+1;;;/p-1. The molecule has 0 saturated heterocycles. The third-order valence-electron chi connectivity index (χ3n) is 22.8. The number of carboxylic acid groups (broad SMARTS) is 2. The molecular formula is C79H127KN7NaO14S. The monoisotopic (exact) mass is 1490 g/mol. The van der Waals surface area contributed by atoms with Gasteiger partial charge in [-0.2, -0.15) is 18.9 Å². The molecule has 0 aliphatic heterocycles. The number of carbonyl (C=O) groups excluding carboxylic acids is 2. The van der Waals surface area contributed by atoms with E-state index in [1.54, 1.807) is 7.11 Å². The number of nitrogens with one attached hydrogen (secondary N) is 1. The predicted octanol–water partition coefficient (Wildman–Crippen LogP) is 10.9. The Kier molecular flexibility index (Phi) is 49.7. The maximum Gasteiger partial charge on any atom is 1.00 e. The number of aliphatic hydroxyl groups is 2. The minimum absolute atomic E-state index is 0. The number of aliphatic hydroxyl groups excluding tert-OH is 2. The van der Waals surface area contributed by atoms with Crippen molar-refractivity contribution in [2.24, 2.45) is 106 Å². The fraction of sp³-hybridized carbons (Fsp3) is 0.747. The van der Waals surface area contributed by atoms with Crippen molar-refractivity contribution in [2.45, 2.75) is 244 Å². The number of carboxylic acids is 2. The summed E-state index contributed by atoms with van der Waals surface area (Å²) in [7, 11) is -2.11. The van der Waals surface area contributed by atoms with Gasteiger partial charge in [-0.1, -0.05) is 150 Å². The first-order valence-electron chi connectivity index (χ1n) is 37.8. The van der Waals surface area contributed by atoms with Gasteiger partial charge in [-0.25, -0.2) is 4.79 Å². The molecule has 14 aliphatic carbocycles. The van der Waals surface area contributed by atoms with Gasteiger partial charge in [0.1, 0.15) is 12.4 Å². The number of benzene rings is 2. The number of nitrogens with two attached hydrogens (primary N) is 1. The Morgan fingerprint density at radius 1 is 0.612 bits per heavy atom. The molecule has 0 aromatic heterocycles. The molecule has 14 bridgehead atoms. The number of aliphatic carboxylic acids is 2. The summed E-state index contributed by atoms with van der Waals surface area (Å²) < 4.78 is 35.6. The summed E-state index contributed by atoms with van der Waals surface area (Å²) in [5.41, 5.74) is 21.4. The van der Waals surface area contributed by atoms with E-state index in [2.05, 4.69) is 34.3 Å². The van der Waals surface area contributed by atoms with Crippen LogP contribution < -0.4 is 92.0 Å². The second-order valence-corrected chi connectivity index (χ2v) is 32.7. The maximum atomic E-state index is 11.9. The number of ether oxygens (including phenoxy) is 2. The van der Waals surface area contributed by atoms with E-state index in [-0.39, 0.29) is 114 Å². The SMILES string of the molecule is CC(=O)O.COCCO.CS(=O)(=O)O.N#CC1CC2C=CCC(C1)C2.N#CC1CC2CCCC(C1)C2.NC1CC2CCCC(C1)C2.O=C(NC1CC2CCCC(C2)C1)OCc1ccccc1.O=C(O)C1CC2CCCC(C2)C1.O=C1C2CC3CC(C2)CC1C3.OCc1ccccc1.[HH].[HH].[K+].[N-]=[N+]=[N-].[Na+].[OH-]. The number of Topliss-reactive ketones (excluding diaryl/α,β-unsaturated/α-hetero) is 1. The number of carbonyl (C=O) groups is 4. The molecule has 16 rings (SSSR count). The minimum atomic E-state index is -3.67. The van der Waals surface area contributed by atoms with Crippen LogP contribution in [0.1, 0.15) is 233 Å². The summed E-state index contributed by atoms with van der Waals surface area (Å²) in [5.74, 6) is 11.3. The van der Waals surface area contributed by atoms with Crippen LogP contribution in [0.3, 0.4) is 0 Å². The van der Waals surface area contributed by atoms with Crippen LogP contribution in [0.4, 0.5) is 4.79 Å². The van der Waals surface area contributed by atoms with E-state index < -0.39 is 22.1 Å². The molecule has 21 nitrogen and oxygen atoms in total. The van der Waals surface area contributed by atoms with Crippen molar-refractivity contribution in [1.82, 2.24) is 5.32 Å². The van der Waals surface area contributed by atoms with Crippen molar-refractivity contribution >= 4 is 33.9 Å². The first-order chi connectivity index (χ1) is 48.0. The van der Waals surface area contributed by atoms with E-state index in [4.69, 9.17) is 61.8 Å². The molecule has 11 atom stereocenters. The minimum Gasteiger partial charge on any atom is -0.870 e. The van der Waals surface area contributed by atoms with Crippen molar-refractivity contribution in [3.05, 3.63) is 99.9 Å². The van der Waals surface area contributed by atoms with Crippen molar-refractivity contribution in [3.63, 3.8) is 0 Å². The maximum absolute atomic E-state index is 11.9. The number of allylic oxidation sites excluding steroid dienone is 2. The Bertz CT molecular complexity index is 2900. The van der Waals surface area contributed by atoms with Crippen LogP contribution in [0.5, 0.6) is 0 Å². The van der Waals surface area contributed by atoms with Crippen LogP contribution >= 0.6 is 0 Å². The number of methoxy groups -OCH3 is 1. The molecule has 13 saturated carbocycles. The summed E-state index contributed by atoms with van der Waals surface area (Å²) in [4.78, 5) is 44.7. The van der Waals surface area contributed by atoms with Gasteiger partial charge in [0, 0.05) is 52.6 Å². The summed E-state index contributed by atoms with van der Waals surface area (Å²) in [6.07, 6.45) is 47.7. The van der Waals surface area contributed by atoms with E-state index in [0.29, 0.717) is 61.0 Å². The summed E-state index contributed by atoms with van der Waals surface area (Å²) in [6.45, 7) is 2.14. The van der Waals surface area contributed by atoms with Gasteiger partial charge in [0.25, 0.3) is 16.1 Å². The Morgan fingerprint density at radius 2 is 0.981 bits per heavy atom. The van der Waals surface area contributed by atoms with E-state index in [0.717, 1.165) is 128 Å². The zero-order valence-corrected chi connectivity index (χ0v) is 68.7. The number of hydrogen-bond acceptors (Lipinski definition) is 14. The van der Waals surface area contributed by atoms with Gasteiger partial charge in [-0.3, -0.25) is 23.8 Å². The molecule has 103 heavy (non-hydrogen) atoms. The Labute approximate surface area is 683 Å². The van der Waals surface area contributed by atoms with Crippen LogP contribution in [0.25, 0.3) is 16.0 Å². The van der Waals surface area contributed by atoms with Gasteiger partial charge in [-0.05, 0) is 217 Å². The Balaban J connectivity index is 0.00000116. The molecule has 2 aromatic carbocycles. The number of amides is 1. The molecular weight excluding hydrogens is 1370 g/mol. The Hall–Kier alpha value is -3.30. The van der Waals surface area contributed by atoms with Gasteiger partial charge in [0.05, 0.1) is 44.1 Å². The quantitative estimate of drug-likeness (QED) is 0.0338. The second kappa shape index (κ2) is 53.5. The van der Waals surface area contributed by atoms with Gasteiger partial charge >= 0.3 is 93.0 Å². The molecule has 0 radical (unpaired) electrons. The first-order valence-corrected chi connectivity index (χ1v) is 39.6. The molecule has 2 aromatic rings. The van der Waals surface area contributed by atoms with Crippen molar-refractivity contribution in [1.29, 1.82) is 10.5 Å². The molecule has 11 unspecified atom stereocenters. The van der Waals surface area contributed by atoms with E-state index >= 15 is 0 Å². The molecule has 0 spiro atoms. The predicted molar refractivity (Wildman–Crippen MR) is 395 cm³/mol. The third-order valence-corrected chi connectivity index (χ3v) is 22.8. The van der Waals surface area contributed by atoms with Crippen LogP contribution in [-0.2, 0) is 47.2 Å². The van der Waals surface area contributed by atoms with Crippen molar-refractivity contribution in [3.8, 4) is 12.1 Å². The summed E-state index contributed by atoms with van der Waals surface area (Å²) >= 11 is 0. The molecule has 9 N–H and O–H groups in total. The smallest absolute Gasteiger partial charge is 0.870 e. The number of nitriles is 2. The Morgan fingerprint density at radius 3 is 1.34 bits per heavy atom. The van der Waals surface area contributed by atoms with Gasteiger partial charge in [-0.15, -0.1) is 0 Å². The van der Waals surface area contributed by atoms with Crippen LogP contribution in [0, 0.1) is 123 Å². The van der Waals surface area contributed by atoms with Crippen LogP contribution in [0.15, 0.2) is 72.8 Å². The van der Waals surface area contributed by atoms with Gasteiger partial charge in [0.15, 0.2) is 0 Å². The number of rotatable bonds is 7. The molecule has 570 valence electrons. The van der Waals surface area contributed by atoms with Crippen molar-refractivity contribution in [2.75, 3.05) is 26.6 Å². The normalized spacial score (nSPS) is 31.7. The second-order valence-electron chi connectivity index (χ2n) is 31.2. The molecule has 24 heteroatoms. The average Bonchev–Trinajstić information content (AvgIpc) is 0.770. The number of alkyl carbamates (subject to hydrolysis) is 1.